The summed E-state index contributed by atoms with van der Waals surface area (Å²) in [7, 11) is 0. The van der Waals surface area contributed by atoms with Crippen molar-refractivity contribution in [1.82, 2.24) is 9.97 Å². The van der Waals surface area contributed by atoms with Crippen LogP contribution in [0.4, 0.5) is 5.69 Å². The number of aryl methyl sites for hydroxylation is 1. The minimum absolute atomic E-state index is 0.0222. The van der Waals surface area contributed by atoms with Gasteiger partial charge in [0.2, 0.25) is 0 Å². The molecule has 0 aliphatic carbocycles. The number of nitrogens with one attached hydrogen (secondary N) is 1. The molecular formula is C23H18N4O2. The van der Waals surface area contributed by atoms with Crippen LogP contribution in [0.25, 0.3) is 11.0 Å². The predicted octanol–water partition coefficient (Wildman–Crippen LogP) is 4.94. The zero-order valence-electron chi connectivity index (χ0n) is 15.7. The molecule has 0 aliphatic rings. The summed E-state index contributed by atoms with van der Waals surface area (Å²) in [5, 5.41) is 8.40. The van der Waals surface area contributed by atoms with Crippen molar-refractivity contribution in [1.29, 1.82) is 0 Å². The van der Waals surface area contributed by atoms with E-state index in [4.69, 9.17) is 0 Å². The number of rotatable bonds is 5. The highest BCUT2D eigenvalue weighted by Crippen LogP contribution is 2.23. The van der Waals surface area contributed by atoms with Gasteiger partial charge >= 0.3 is 0 Å². The SMILES string of the molecule is Cc1ccc(C(=O)C(N=Nc2ccccc2)c2nc3ccccc3[nH]c2=O)cc1. The molecule has 1 unspecified atom stereocenters. The Kier molecular flexibility index (Phi) is 5.07. The number of ketones is 1. The topological polar surface area (TPSA) is 87.5 Å². The van der Waals surface area contributed by atoms with Crippen molar-refractivity contribution in [3.63, 3.8) is 0 Å². The summed E-state index contributed by atoms with van der Waals surface area (Å²) >= 11 is 0. The Morgan fingerprint density at radius 2 is 1.62 bits per heavy atom. The van der Waals surface area contributed by atoms with E-state index in [1.807, 2.05) is 49.4 Å². The third-order valence-corrected chi connectivity index (χ3v) is 4.51. The van der Waals surface area contributed by atoms with E-state index in [-0.39, 0.29) is 11.5 Å². The number of carbonyl (C=O) groups is 1. The molecule has 0 spiro atoms. The van der Waals surface area contributed by atoms with Crippen molar-refractivity contribution in [3.05, 3.63) is 106 Å². The molecule has 1 heterocycles. The molecule has 0 aliphatic heterocycles. The summed E-state index contributed by atoms with van der Waals surface area (Å²) in [6, 6.07) is 22.2. The molecule has 0 bridgehead atoms. The summed E-state index contributed by atoms with van der Waals surface area (Å²) in [5.74, 6) is -0.335. The lowest BCUT2D eigenvalue weighted by Gasteiger charge is -2.11. The summed E-state index contributed by atoms with van der Waals surface area (Å²) < 4.78 is 0. The maximum atomic E-state index is 13.2. The highest BCUT2D eigenvalue weighted by atomic mass is 16.1. The molecule has 6 nitrogen and oxygen atoms in total. The van der Waals surface area contributed by atoms with Crippen LogP contribution in [-0.4, -0.2) is 15.8 Å². The fraction of sp³-hybridized carbons (Fsp3) is 0.0870. The number of Topliss-reactive ketones (excluding diaryl/α,β-unsaturated/α-hetero) is 1. The van der Waals surface area contributed by atoms with E-state index in [1.165, 1.54) is 0 Å². The number of aromatic amines is 1. The minimum Gasteiger partial charge on any atom is -0.319 e. The maximum absolute atomic E-state index is 13.2. The number of nitrogens with zero attached hydrogens (tertiary/aromatic N) is 3. The lowest BCUT2D eigenvalue weighted by molar-refractivity contribution is 0.0957. The van der Waals surface area contributed by atoms with E-state index in [2.05, 4.69) is 20.2 Å². The lowest BCUT2D eigenvalue weighted by Crippen LogP contribution is -2.23. The van der Waals surface area contributed by atoms with Crippen LogP contribution in [-0.2, 0) is 0 Å². The first-order valence-electron chi connectivity index (χ1n) is 9.17. The molecule has 3 aromatic carbocycles. The van der Waals surface area contributed by atoms with E-state index in [0.29, 0.717) is 22.3 Å². The van der Waals surface area contributed by atoms with Crippen LogP contribution in [0.5, 0.6) is 0 Å². The quantitative estimate of drug-likeness (QED) is 0.392. The number of fused-ring (bicyclic) bond motifs is 1. The number of aromatic nitrogens is 2. The van der Waals surface area contributed by atoms with E-state index in [0.717, 1.165) is 5.56 Å². The third-order valence-electron chi connectivity index (χ3n) is 4.51. The second-order valence-electron chi connectivity index (χ2n) is 6.65. The third kappa shape index (κ3) is 4.01. The monoisotopic (exact) mass is 382 g/mol. The second kappa shape index (κ2) is 7.98. The average Bonchev–Trinajstić information content (AvgIpc) is 2.75. The normalized spacial score (nSPS) is 12.3. The molecular weight excluding hydrogens is 364 g/mol. The molecule has 0 saturated carbocycles. The molecule has 0 fully saturated rings. The Morgan fingerprint density at radius 1 is 0.931 bits per heavy atom. The van der Waals surface area contributed by atoms with Gasteiger partial charge in [-0.15, -0.1) is 0 Å². The maximum Gasteiger partial charge on any atom is 0.272 e. The molecule has 1 N–H and O–H groups in total. The van der Waals surface area contributed by atoms with Gasteiger partial charge in [0.1, 0.15) is 5.69 Å². The van der Waals surface area contributed by atoms with Gasteiger partial charge in [0.15, 0.2) is 11.8 Å². The summed E-state index contributed by atoms with van der Waals surface area (Å²) in [6.07, 6.45) is 0. The average molecular weight is 382 g/mol. The Balaban J connectivity index is 1.82. The Bertz CT molecular complexity index is 1250. The summed E-state index contributed by atoms with van der Waals surface area (Å²) in [4.78, 5) is 33.1. The van der Waals surface area contributed by atoms with Crippen LogP contribution >= 0.6 is 0 Å². The van der Waals surface area contributed by atoms with E-state index < -0.39 is 11.6 Å². The molecule has 142 valence electrons. The van der Waals surface area contributed by atoms with Crippen LogP contribution in [0, 0.1) is 6.92 Å². The van der Waals surface area contributed by atoms with Gasteiger partial charge in [-0.05, 0) is 31.2 Å². The zero-order valence-corrected chi connectivity index (χ0v) is 15.7. The van der Waals surface area contributed by atoms with Crippen molar-refractivity contribution >= 4 is 22.5 Å². The van der Waals surface area contributed by atoms with Crippen LogP contribution < -0.4 is 5.56 Å². The standard InChI is InChI=1S/C23H18N4O2/c1-15-11-13-16(14-12-15)22(28)20(27-26-17-7-3-2-4-8-17)21-23(29)25-19-10-6-5-9-18(19)24-21/h2-14,20H,1H3,(H,25,29). The van der Waals surface area contributed by atoms with Crippen molar-refractivity contribution < 1.29 is 4.79 Å². The van der Waals surface area contributed by atoms with Crippen molar-refractivity contribution in [2.24, 2.45) is 10.2 Å². The van der Waals surface area contributed by atoms with Crippen LogP contribution in [0.3, 0.4) is 0 Å². The zero-order chi connectivity index (χ0) is 20.2. The molecule has 1 aromatic heterocycles. The number of hydrogen-bond donors (Lipinski definition) is 1. The van der Waals surface area contributed by atoms with E-state index >= 15 is 0 Å². The van der Waals surface area contributed by atoms with Gasteiger partial charge in [-0.1, -0.05) is 60.2 Å². The van der Waals surface area contributed by atoms with Gasteiger partial charge in [-0.3, -0.25) is 9.59 Å². The molecule has 0 saturated heterocycles. The second-order valence-corrected chi connectivity index (χ2v) is 6.65. The van der Waals surface area contributed by atoms with Gasteiger partial charge in [0, 0.05) is 5.56 Å². The van der Waals surface area contributed by atoms with Crippen molar-refractivity contribution in [2.75, 3.05) is 0 Å². The first-order valence-corrected chi connectivity index (χ1v) is 9.17. The Labute approximate surface area is 167 Å². The minimum atomic E-state index is -1.15. The van der Waals surface area contributed by atoms with Gasteiger partial charge in [-0.2, -0.15) is 10.2 Å². The first-order chi connectivity index (χ1) is 14.1. The number of azo groups is 1. The van der Waals surface area contributed by atoms with Crippen molar-refractivity contribution in [3.8, 4) is 0 Å². The van der Waals surface area contributed by atoms with E-state index in [1.54, 1.807) is 36.4 Å². The van der Waals surface area contributed by atoms with Gasteiger partial charge in [-0.25, -0.2) is 4.98 Å². The molecule has 29 heavy (non-hydrogen) atoms. The number of hydrogen-bond acceptors (Lipinski definition) is 5. The Hall–Kier alpha value is -3.93. The number of benzene rings is 3. The van der Waals surface area contributed by atoms with Crippen LogP contribution in [0.2, 0.25) is 0 Å². The fourth-order valence-corrected chi connectivity index (χ4v) is 2.96. The first kappa shape index (κ1) is 18.4. The predicted molar refractivity (Wildman–Crippen MR) is 112 cm³/mol. The van der Waals surface area contributed by atoms with Crippen molar-refractivity contribution in [2.45, 2.75) is 13.0 Å². The van der Waals surface area contributed by atoms with Gasteiger partial charge < -0.3 is 4.98 Å². The smallest absolute Gasteiger partial charge is 0.272 e. The molecule has 1 atom stereocenters. The van der Waals surface area contributed by atoms with Gasteiger partial charge in [0.25, 0.3) is 5.56 Å². The highest BCUT2D eigenvalue weighted by molar-refractivity contribution is 6.00. The van der Waals surface area contributed by atoms with E-state index in [9.17, 15) is 9.59 Å². The lowest BCUT2D eigenvalue weighted by atomic mass is 10.0. The van der Waals surface area contributed by atoms with Crippen LogP contribution in [0.15, 0.2) is 93.9 Å². The summed E-state index contributed by atoms with van der Waals surface area (Å²) in [5.41, 5.74) is 2.82. The highest BCUT2D eigenvalue weighted by Gasteiger charge is 2.26. The molecule has 0 amide bonds. The van der Waals surface area contributed by atoms with Crippen LogP contribution in [0.1, 0.15) is 27.7 Å². The molecule has 4 rings (SSSR count). The molecule has 4 aromatic rings. The number of carbonyl (C=O) groups excluding carboxylic acids is 1. The number of para-hydroxylation sites is 2. The Morgan fingerprint density at radius 3 is 2.38 bits per heavy atom. The largest absolute Gasteiger partial charge is 0.319 e. The molecule has 0 radical (unpaired) electrons. The molecule has 6 heteroatoms. The van der Waals surface area contributed by atoms with Gasteiger partial charge in [0.05, 0.1) is 16.7 Å². The summed E-state index contributed by atoms with van der Waals surface area (Å²) in [6.45, 7) is 1.94. The fourth-order valence-electron chi connectivity index (χ4n) is 2.96. The number of H-pyrrole nitrogens is 1.